The normalized spacial score (nSPS) is 12.4. The third kappa shape index (κ3) is 8.11. The first kappa shape index (κ1) is 15.4. The number of rotatable bonds is 7. The number of aliphatic imine (C=N–C) groups is 1. The van der Waals surface area contributed by atoms with E-state index < -0.39 is 10.0 Å². The highest BCUT2D eigenvalue weighted by Gasteiger charge is 1.98. The number of hydrogen-bond acceptors (Lipinski definition) is 4. The molecule has 0 aliphatic heterocycles. The van der Waals surface area contributed by atoms with Crippen molar-refractivity contribution in [1.29, 1.82) is 0 Å². The number of pyridine rings is 1. The molecule has 7 nitrogen and oxygen atoms in total. The molecule has 1 aromatic heterocycles. The Morgan fingerprint density at radius 1 is 1.42 bits per heavy atom. The molecular formula is C11H19N5O2S. The molecule has 1 rings (SSSR count). The Kier molecular flexibility index (Phi) is 6.23. The zero-order chi connectivity index (χ0) is 14.1. The molecule has 0 amide bonds. The number of nitrogens with zero attached hydrogens (tertiary/aromatic N) is 2. The summed E-state index contributed by atoms with van der Waals surface area (Å²) >= 11 is 0. The van der Waals surface area contributed by atoms with Crippen LogP contribution in [0, 0.1) is 0 Å². The van der Waals surface area contributed by atoms with Crippen LogP contribution < -0.4 is 15.8 Å². The van der Waals surface area contributed by atoms with Crippen LogP contribution in [0.3, 0.4) is 0 Å². The van der Waals surface area contributed by atoms with Crippen molar-refractivity contribution >= 4 is 16.0 Å². The Morgan fingerprint density at radius 2 is 2.21 bits per heavy atom. The summed E-state index contributed by atoms with van der Waals surface area (Å²) in [6.07, 6.45) is 3.59. The molecule has 0 unspecified atom stereocenters. The number of nitrogens with one attached hydrogen (secondary N) is 2. The Balaban J connectivity index is 2.18. The topological polar surface area (TPSA) is 109 Å². The zero-order valence-corrected chi connectivity index (χ0v) is 11.7. The molecule has 0 aliphatic rings. The van der Waals surface area contributed by atoms with Gasteiger partial charge in [-0.05, 0) is 12.1 Å². The molecular weight excluding hydrogens is 266 g/mol. The fourth-order valence-corrected chi connectivity index (χ4v) is 1.79. The van der Waals surface area contributed by atoms with Gasteiger partial charge < -0.3 is 11.1 Å². The van der Waals surface area contributed by atoms with Crippen molar-refractivity contribution in [1.82, 2.24) is 15.0 Å². The smallest absolute Gasteiger partial charge is 0.208 e. The Morgan fingerprint density at radius 3 is 2.84 bits per heavy atom. The van der Waals surface area contributed by atoms with Crippen LogP contribution >= 0.6 is 0 Å². The van der Waals surface area contributed by atoms with Gasteiger partial charge in [0.1, 0.15) is 0 Å². The lowest BCUT2D eigenvalue weighted by Crippen LogP contribution is -2.34. The molecule has 1 heterocycles. The molecule has 0 radical (unpaired) electrons. The Hall–Kier alpha value is -1.67. The van der Waals surface area contributed by atoms with Gasteiger partial charge in [-0.1, -0.05) is 6.07 Å². The van der Waals surface area contributed by atoms with E-state index in [4.69, 9.17) is 5.73 Å². The number of aromatic nitrogens is 1. The average Bonchev–Trinajstić information content (AvgIpc) is 2.35. The standard InChI is InChI=1S/C11H19N5O2S/c1-19(17,18)16-9-8-15-11(12)14-7-5-10-4-2-3-6-13-10/h2-4,6,16H,5,7-9H2,1H3,(H3,12,14,15). The van der Waals surface area contributed by atoms with E-state index in [0.29, 0.717) is 19.0 Å². The third-order valence-electron chi connectivity index (χ3n) is 2.17. The summed E-state index contributed by atoms with van der Waals surface area (Å²) in [5.74, 6) is 0.297. The predicted octanol–water partition coefficient (Wildman–Crippen LogP) is -0.922. The summed E-state index contributed by atoms with van der Waals surface area (Å²) in [5, 5.41) is 2.94. The second kappa shape index (κ2) is 7.70. The lowest BCUT2D eigenvalue weighted by atomic mass is 10.3. The highest BCUT2D eigenvalue weighted by Crippen LogP contribution is 1.92. The van der Waals surface area contributed by atoms with Crippen molar-refractivity contribution in [2.75, 3.05) is 25.9 Å². The van der Waals surface area contributed by atoms with Crippen LogP contribution in [0.2, 0.25) is 0 Å². The molecule has 106 valence electrons. The van der Waals surface area contributed by atoms with E-state index in [-0.39, 0.29) is 6.54 Å². The van der Waals surface area contributed by atoms with Crippen LogP contribution in [0.1, 0.15) is 5.69 Å². The van der Waals surface area contributed by atoms with Gasteiger partial charge in [0.05, 0.1) is 12.8 Å². The van der Waals surface area contributed by atoms with Crippen molar-refractivity contribution in [3.05, 3.63) is 30.1 Å². The zero-order valence-electron chi connectivity index (χ0n) is 10.8. The van der Waals surface area contributed by atoms with Gasteiger partial charge in [-0.15, -0.1) is 0 Å². The highest BCUT2D eigenvalue weighted by atomic mass is 32.2. The minimum absolute atomic E-state index is 0.238. The van der Waals surface area contributed by atoms with E-state index in [2.05, 4.69) is 20.0 Å². The van der Waals surface area contributed by atoms with Crippen LogP contribution in [-0.4, -0.2) is 45.3 Å². The first-order valence-electron chi connectivity index (χ1n) is 5.86. The van der Waals surface area contributed by atoms with Gasteiger partial charge in [0.2, 0.25) is 10.0 Å². The summed E-state index contributed by atoms with van der Waals surface area (Å²) in [5.41, 5.74) is 6.60. The molecule has 0 fully saturated rings. The average molecular weight is 285 g/mol. The van der Waals surface area contributed by atoms with E-state index in [1.54, 1.807) is 6.20 Å². The molecule has 4 N–H and O–H groups in total. The quantitative estimate of drug-likeness (QED) is 0.341. The first-order chi connectivity index (χ1) is 8.97. The molecule has 0 saturated heterocycles. The van der Waals surface area contributed by atoms with Gasteiger partial charge >= 0.3 is 0 Å². The van der Waals surface area contributed by atoms with Crippen LogP contribution in [0.15, 0.2) is 29.4 Å². The molecule has 0 aliphatic carbocycles. The number of hydrogen-bond donors (Lipinski definition) is 3. The van der Waals surface area contributed by atoms with Crippen molar-refractivity contribution in [2.24, 2.45) is 10.7 Å². The van der Waals surface area contributed by atoms with E-state index in [0.717, 1.165) is 18.4 Å². The maximum Gasteiger partial charge on any atom is 0.208 e. The van der Waals surface area contributed by atoms with Crippen molar-refractivity contribution < 1.29 is 8.42 Å². The number of sulfonamides is 1. The van der Waals surface area contributed by atoms with Gasteiger partial charge in [0.25, 0.3) is 0 Å². The van der Waals surface area contributed by atoms with Crippen LogP contribution in [0.4, 0.5) is 0 Å². The monoisotopic (exact) mass is 285 g/mol. The molecule has 0 bridgehead atoms. The molecule has 1 aromatic rings. The highest BCUT2D eigenvalue weighted by molar-refractivity contribution is 7.88. The SMILES string of the molecule is CS(=O)(=O)NCCN=C(N)NCCc1ccccn1. The van der Waals surface area contributed by atoms with Crippen molar-refractivity contribution in [3.8, 4) is 0 Å². The molecule has 0 spiro atoms. The van der Waals surface area contributed by atoms with E-state index in [1.165, 1.54) is 0 Å². The van der Waals surface area contributed by atoms with Gasteiger partial charge in [-0.3, -0.25) is 9.98 Å². The lowest BCUT2D eigenvalue weighted by Gasteiger charge is -2.05. The Labute approximate surface area is 113 Å². The minimum atomic E-state index is -3.16. The summed E-state index contributed by atoms with van der Waals surface area (Å²) in [6, 6.07) is 5.73. The second-order valence-corrected chi connectivity index (χ2v) is 5.76. The minimum Gasteiger partial charge on any atom is -0.370 e. The van der Waals surface area contributed by atoms with E-state index in [1.807, 2.05) is 18.2 Å². The fourth-order valence-electron chi connectivity index (χ4n) is 1.33. The van der Waals surface area contributed by atoms with Crippen LogP contribution in [0.5, 0.6) is 0 Å². The molecule has 0 aromatic carbocycles. The van der Waals surface area contributed by atoms with Crippen LogP contribution in [0.25, 0.3) is 0 Å². The molecule has 0 atom stereocenters. The maximum absolute atomic E-state index is 10.8. The van der Waals surface area contributed by atoms with Gasteiger partial charge in [-0.25, -0.2) is 13.1 Å². The molecule has 0 saturated carbocycles. The number of guanidine groups is 1. The first-order valence-corrected chi connectivity index (χ1v) is 7.75. The third-order valence-corrected chi connectivity index (χ3v) is 2.90. The van der Waals surface area contributed by atoms with Crippen LogP contribution in [-0.2, 0) is 16.4 Å². The summed E-state index contributed by atoms with van der Waals surface area (Å²) in [6.45, 7) is 1.17. The second-order valence-electron chi connectivity index (χ2n) is 3.93. The summed E-state index contributed by atoms with van der Waals surface area (Å²) < 4.78 is 23.9. The predicted molar refractivity (Wildman–Crippen MR) is 75.3 cm³/mol. The summed E-state index contributed by atoms with van der Waals surface area (Å²) in [4.78, 5) is 8.18. The lowest BCUT2D eigenvalue weighted by molar-refractivity contribution is 0.588. The van der Waals surface area contributed by atoms with E-state index >= 15 is 0 Å². The number of nitrogens with two attached hydrogens (primary N) is 1. The summed E-state index contributed by atoms with van der Waals surface area (Å²) in [7, 11) is -3.16. The van der Waals surface area contributed by atoms with Gasteiger partial charge in [0, 0.05) is 31.4 Å². The van der Waals surface area contributed by atoms with Gasteiger partial charge in [-0.2, -0.15) is 0 Å². The molecule has 8 heteroatoms. The maximum atomic E-state index is 10.8. The largest absolute Gasteiger partial charge is 0.370 e. The van der Waals surface area contributed by atoms with Crippen molar-refractivity contribution in [3.63, 3.8) is 0 Å². The molecule has 19 heavy (non-hydrogen) atoms. The van der Waals surface area contributed by atoms with Crippen molar-refractivity contribution in [2.45, 2.75) is 6.42 Å². The Bertz CT molecular complexity index is 501. The van der Waals surface area contributed by atoms with E-state index in [9.17, 15) is 8.42 Å². The van der Waals surface area contributed by atoms with Gasteiger partial charge in [0.15, 0.2) is 5.96 Å². The fraction of sp³-hybridized carbons (Fsp3) is 0.455.